The summed E-state index contributed by atoms with van der Waals surface area (Å²) in [7, 11) is 0. The Hall–Kier alpha value is -3.55. The van der Waals surface area contributed by atoms with E-state index in [1.54, 1.807) is 0 Å². The second-order valence-electron chi connectivity index (χ2n) is 7.61. The van der Waals surface area contributed by atoms with Crippen molar-refractivity contribution in [3.63, 3.8) is 0 Å². The molecule has 2 amide bonds. The molecule has 2 aromatic rings. The molecule has 8 heteroatoms. The highest BCUT2D eigenvalue weighted by atomic mass is 16.5. The summed E-state index contributed by atoms with van der Waals surface area (Å²) >= 11 is 0. The Bertz CT molecular complexity index is 951. The Morgan fingerprint density at radius 2 is 1.50 bits per heavy atom. The second-order valence-corrected chi connectivity index (χ2v) is 7.61. The number of likely N-dealkylation sites (tertiary alicyclic amines) is 1. The lowest BCUT2D eigenvalue weighted by Crippen LogP contribution is -2.60. The third-order valence-electron chi connectivity index (χ3n) is 5.98. The minimum Gasteiger partial charge on any atom is -0.480 e. The summed E-state index contributed by atoms with van der Waals surface area (Å²) in [5, 5.41) is 21.2. The molecule has 0 unspecified atom stereocenters. The predicted octanol–water partition coefficient (Wildman–Crippen LogP) is 3.12. The maximum absolute atomic E-state index is 12.5. The number of carboxylic acids is 1. The van der Waals surface area contributed by atoms with Crippen molar-refractivity contribution >= 4 is 18.2 Å². The van der Waals surface area contributed by atoms with Gasteiger partial charge in [-0.15, -0.1) is 0 Å². The monoisotopic (exact) mass is 410 g/mol. The highest BCUT2D eigenvalue weighted by Gasteiger charge is 2.44. The highest BCUT2D eigenvalue weighted by molar-refractivity contribution is 5.85. The zero-order chi connectivity index (χ0) is 21.3. The number of hydrogen-bond acceptors (Lipinski definition) is 4. The third-order valence-corrected chi connectivity index (χ3v) is 5.98. The molecule has 0 saturated carbocycles. The molecule has 0 atom stereocenters. The molecule has 1 aliphatic carbocycles. The zero-order valence-corrected chi connectivity index (χ0v) is 16.2. The topological polar surface area (TPSA) is 116 Å². The van der Waals surface area contributed by atoms with Crippen molar-refractivity contribution in [2.45, 2.75) is 24.3 Å². The molecule has 156 valence electrons. The van der Waals surface area contributed by atoms with E-state index in [2.05, 4.69) is 5.32 Å². The molecule has 4 rings (SSSR count). The van der Waals surface area contributed by atoms with Crippen LogP contribution in [0.4, 0.5) is 9.59 Å². The van der Waals surface area contributed by atoms with Crippen LogP contribution < -0.4 is 5.32 Å². The maximum Gasteiger partial charge on any atom is 0.408 e. The van der Waals surface area contributed by atoms with E-state index in [1.165, 1.54) is 0 Å². The van der Waals surface area contributed by atoms with Gasteiger partial charge in [-0.2, -0.15) is 0 Å². The first-order valence-corrected chi connectivity index (χ1v) is 9.76. The number of fused-ring (bicyclic) bond motifs is 3. The van der Waals surface area contributed by atoms with Gasteiger partial charge in [0.15, 0.2) is 0 Å². The molecule has 3 N–H and O–H groups in total. The standard InChI is InChI=1S/C22H22N2O6/c25-19(26)22(9-11-24(12-10-22)21(28)29)23-20(27)30-13-18-16-7-3-1-5-14(16)15-6-2-4-8-17(15)18/h1-8,18H,9-13H2,(H,23,27)(H,25,26)(H,28,29). The molecule has 8 nitrogen and oxygen atoms in total. The van der Waals surface area contributed by atoms with Crippen molar-refractivity contribution in [1.82, 2.24) is 10.2 Å². The maximum atomic E-state index is 12.5. The molecule has 0 radical (unpaired) electrons. The van der Waals surface area contributed by atoms with Gasteiger partial charge in [0, 0.05) is 19.0 Å². The van der Waals surface area contributed by atoms with Gasteiger partial charge < -0.3 is 25.2 Å². The zero-order valence-electron chi connectivity index (χ0n) is 16.2. The Labute approximate surface area is 173 Å². The number of amides is 2. The van der Waals surface area contributed by atoms with Crippen LogP contribution in [0.3, 0.4) is 0 Å². The lowest BCUT2D eigenvalue weighted by Gasteiger charge is -2.37. The summed E-state index contributed by atoms with van der Waals surface area (Å²) in [4.78, 5) is 36.5. The van der Waals surface area contributed by atoms with Gasteiger partial charge in [0.25, 0.3) is 0 Å². The van der Waals surface area contributed by atoms with Crippen LogP contribution in [0.2, 0.25) is 0 Å². The van der Waals surface area contributed by atoms with E-state index in [9.17, 15) is 19.5 Å². The number of hydrogen-bond donors (Lipinski definition) is 3. The molecule has 2 aromatic carbocycles. The number of nitrogens with zero attached hydrogens (tertiary/aromatic N) is 1. The molecule has 0 aromatic heterocycles. The van der Waals surface area contributed by atoms with Gasteiger partial charge in [0.1, 0.15) is 12.1 Å². The van der Waals surface area contributed by atoms with Crippen molar-refractivity contribution < 1.29 is 29.3 Å². The van der Waals surface area contributed by atoms with Gasteiger partial charge in [-0.25, -0.2) is 14.4 Å². The number of ether oxygens (including phenoxy) is 1. The number of carbonyl (C=O) groups excluding carboxylic acids is 1. The quantitative estimate of drug-likeness (QED) is 0.713. The van der Waals surface area contributed by atoms with Crippen LogP contribution in [0.1, 0.15) is 29.9 Å². The Balaban J connectivity index is 1.45. The fourth-order valence-corrected chi connectivity index (χ4v) is 4.30. The van der Waals surface area contributed by atoms with E-state index in [1.807, 2.05) is 48.5 Å². The lowest BCUT2D eigenvalue weighted by molar-refractivity contribution is -0.146. The fourth-order valence-electron chi connectivity index (χ4n) is 4.30. The molecule has 1 heterocycles. The molecular weight excluding hydrogens is 388 g/mol. The number of carbonyl (C=O) groups is 3. The van der Waals surface area contributed by atoms with Crippen LogP contribution >= 0.6 is 0 Å². The predicted molar refractivity (Wildman–Crippen MR) is 107 cm³/mol. The van der Waals surface area contributed by atoms with Gasteiger partial charge in [-0.1, -0.05) is 48.5 Å². The van der Waals surface area contributed by atoms with Gasteiger partial charge in [0.05, 0.1) is 0 Å². The van der Waals surface area contributed by atoms with Crippen LogP contribution in [-0.2, 0) is 9.53 Å². The van der Waals surface area contributed by atoms with E-state index < -0.39 is 23.7 Å². The SMILES string of the molecule is O=C(NC1(C(=O)O)CCN(C(=O)O)CC1)OCC1c2ccccc2-c2ccccc21. The van der Waals surface area contributed by atoms with Gasteiger partial charge in [0.2, 0.25) is 0 Å². The molecule has 0 bridgehead atoms. The van der Waals surface area contributed by atoms with Gasteiger partial charge in [-0.05, 0) is 35.1 Å². The van der Waals surface area contributed by atoms with E-state index >= 15 is 0 Å². The largest absolute Gasteiger partial charge is 0.480 e. The molecule has 0 spiro atoms. The molecule has 1 saturated heterocycles. The van der Waals surface area contributed by atoms with E-state index in [0.717, 1.165) is 27.2 Å². The summed E-state index contributed by atoms with van der Waals surface area (Å²) in [5.41, 5.74) is 2.80. The van der Waals surface area contributed by atoms with E-state index in [0.29, 0.717) is 0 Å². The van der Waals surface area contributed by atoms with Crippen LogP contribution in [0.25, 0.3) is 11.1 Å². The van der Waals surface area contributed by atoms with Crippen LogP contribution in [0, 0.1) is 0 Å². The Morgan fingerprint density at radius 1 is 0.967 bits per heavy atom. The van der Waals surface area contributed by atoms with E-state index in [-0.39, 0.29) is 38.5 Å². The van der Waals surface area contributed by atoms with Gasteiger partial charge in [-0.3, -0.25) is 0 Å². The summed E-state index contributed by atoms with van der Waals surface area (Å²) in [6.07, 6.45) is -1.95. The fraction of sp³-hybridized carbons (Fsp3) is 0.318. The number of rotatable bonds is 4. The smallest absolute Gasteiger partial charge is 0.408 e. The minimum atomic E-state index is -1.53. The Kier molecular flexibility index (Phi) is 5.07. The van der Waals surface area contributed by atoms with Crippen LogP contribution in [0.5, 0.6) is 0 Å². The summed E-state index contributed by atoms with van der Waals surface area (Å²) in [5.74, 6) is -1.32. The second kappa shape index (κ2) is 7.70. The van der Waals surface area contributed by atoms with Crippen molar-refractivity contribution in [2.75, 3.05) is 19.7 Å². The summed E-state index contributed by atoms with van der Waals surface area (Å²) < 4.78 is 5.45. The van der Waals surface area contributed by atoms with Gasteiger partial charge >= 0.3 is 18.2 Å². The van der Waals surface area contributed by atoms with Crippen molar-refractivity contribution in [1.29, 1.82) is 0 Å². The summed E-state index contributed by atoms with van der Waals surface area (Å²) in [6, 6.07) is 15.9. The average molecular weight is 410 g/mol. The van der Waals surface area contributed by atoms with Crippen LogP contribution in [0.15, 0.2) is 48.5 Å². The number of nitrogens with one attached hydrogen (secondary N) is 1. The third kappa shape index (κ3) is 3.45. The minimum absolute atomic E-state index is 0.0151. The normalized spacial score (nSPS) is 17.0. The van der Waals surface area contributed by atoms with Crippen molar-refractivity contribution in [3.8, 4) is 11.1 Å². The first-order chi connectivity index (χ1) is 14.4. The number of carboxylic acid groups (broad SMARTS) is 2. The lowest BCUT2D eigenvalue weighted by atomic mass is 9.88. The number of aliphatic carboxylic acids is 1. The first-order valence-electron chi connectivity index (χ1n) is 9.76. The highest BCUT2D eigenvalue weighted by Crippen LogP contribution is 2.44. The Morgan fingerprint density at radius 3 is 2.00 bits per heavy atom. The molecule has 2 aliphatic rings. The molecular formula is C22H22N2O6. The number of piperidine rings is 1. The number of alkyl carbamates (subject to hydrolysis) is 1. The number of benzene rings is 2. The van der Waals surface area contributed by atoms with E-state index in [4.69, 9.17) is 9.84 Å². The average Bonchev–Trinajstić information content (AvgIpc) is 3.06. The van der Waals surface area contributed by atoms with Crippen LogP contribution in [-0.4, -0.2) is 58.5 Å². The first kappa shape index (κ1) is 19.8. The van der Waals surface area contributed by atoms with Crippen molar-refractivity contribution in [2.24, 2.45) is 0 Å². The molecule has 1 aliphatic heterocycles. The molecule has 1 fully saturated rings. The summed E-state index contributed by atoms with van der Waals surface area (Å²) in [6.45, 7) is 0.146. The molecule has 30 heavy (non-hydrogen) atoms. The van der Waals surface area contributed by atoms with Crippen molar-refractivity contribution in [3.05, 3.63) is 59.7 Å².